The van der Waals surface area contributed by atoms with E-state index >= 15 is 0 Å². The fraction of sp³-hybridized carbons (Fsp3) is 0.529. The molecule has 5 nitrogen and oxygen atoms in total. The van der Waals surface area contributed by atoms with Crippen LogP contribution in [0.15, 0.2) is 24.3 Å². The predicted octanol–water partition coefficient (Wildman–Crippen LogP) is 2.52. The standard InChI is InChI=1S/C17H22FN3O2/c18-13-5-7-15(8-6-13)21-12-14(11-16(21)22)19-17(23)20-9-3-1-2-4-10-20/h5-8,14H,1-4,9-12H2,(H,19,23)/t14-/m0/s1. The molecule has 0 aliphatic carbocycles. The lowest BCUT2D eigenvalue weighted by Gasteiger charge is -2.23. The van der Waals surface area contributed by atoms with Crippen LogP contribution in [0.5, 0.6) is 0 Å². The number of urea groups is 1. The van der Waals surface area contributed by atoms with Crippen LogP contribution in [0.4, 0.5) is 14.9 Å². The molecule has 1 N–H and O–H groups in total. The number of carbonyl (C=O) groups excluding carboxylic acids is 2. The molecule has 2 fully saturated rings. The lowest BCUT2D eigenvalue weighted by atomic mass is 10.2. The smallest absolute Gasteiger partial charge is 0.317 e. The highest BCUT2D eigenvalue weighted by molar-refractivity contribution is 5.96. The Hall–Kier alpha value is -2.11. The molecule has 0 unspecified atom stereocenters. The highest BCUT2D eigenvalue weighted by atomic mass is 19.1. The van der Waals surface area contributed by atoms with Gasteiger partial charge in [0.2, 0.25) is 5.91 Å². The molecule has 0 bridgehead atoms. The zero-order valence-electron chi connectivity index (χ0n) is 13.1. The number of anilines is 1. The van der Waals surface area contributed by atoms with Crippen LogP contribution in [0.3, 0.4) is 0 Å². The molecule has 2 aliphatic rings. The van der Waals surface area contributed by atoms with E-state index in [9.17, 15) is 14.0 Å². The maximum absolute atomic E-state index is 13.0. The van der Waals surface area contributed by atoms with Gasteiger partial charge in [-0.15, -0.1) is 0 Å². The Labute approximate surface area is 135 Å². The van der Waals surface area contributed by atoms with Crippen LogP contribution in [-0.2, 0) is 4.79 Å². The first kappa shape index (κ1) is 15.8. The molecule has 3 rings (SSSR count). The minimum absolute atomic E-state index is 0.0437. The van der Waals surface area contributed by atoms with Gasteiger partial charge >= 0.3 is 6.03 Å². The number of amides is 3. The molecule has 2 heterocycles. The van der Waals surface area contributed by atoms with Gasteiger partial charge < -0.3 is 15.1 Å². The Morgan fingerprint density at radius 3 is 2.39 bits per heavy atom. The van der Waals surface area contributed by atoms with Crippen molar-refractivity contribution in [3.63, 3.8) is 0 Å². The predicted molar refractivity (Wildman–Crippen MR) is 85.7 cm³/mol. The van der Waals surface area contributed by atoms with Gasteiger partial charge in [0.1, 0.15) is 5.82 Å². The third kappa shape index (κ3) is 3.81. The number of hydrogen-bond donors (Lipinski definition) is 1. The normalized spacial score (nSPS) is 22.1. The third-order valence-electron chi connectivity index (χ3n) is 4.48. The number of hydrogen-bond acceptors (Lipinski definition) is 2. The van der Waals surface area contributed by atoms with Crippen LogP contribution in [0.2, 0.25) is 0 Å². The summed E-state index contributed by atoms with van der Waals surface area (Å²) in [5.74, 6) is -0.371. The molecule has 0 radical (unpaired) electrons. The summed E-state index contributed by atoms with van der Waals surface area (Å²) in [6.45, 7) is 2.01. The number of nitrogens with one attached hydrogen (secondary N) is 1. The molecular formula is C17H22FN3O2. The van der Waals surface area contributed by atoms with E-state index in [2.05, 4.69) is 5.32 Å². The lowest BCUT2D eigenvalue weighted by molar-refractivity contribution is -0.117. The van der Waals surface area contributed by atoms with Crippen molar-refractivity contribution in [2.75, 3.05) is 24.5 Å². The first-order chi connectivity index (χ1) is 11.1. The number of likely N-dealkylation sites (tertiary alicyclic amines) is 1. The summed E-state index contributed by atoms with van der Waals surface area (Å²) in [6, 6.07) is 5.59. The van der Waals surface area contributed by atoms with Crippen molar-refractivity contribution in [3.8, 4) is 0 Å². The van der Waals surface area contributed by atoms with Gasteiger partial charge in [0.25, 0.3) is 0 Å². The topological polar surface area (TPSA) is 52.7 Å². The molecule has 124 valence electrons. The van der Waals surface area contributed by atoms with E-state index in [4.69, 9.17) is 0 Å². The quantitative estimate of drug-likeness (QED) is 0.910. The maximum atomic E-state index is 13.0. The largest absolute Gasteiger partial charge is 0.333 e. The maximum Gasteiger partial charge on any atom is 0.317 e. The third-order valence-corrected chi connectivity index (χ3v) is 4.48. The molecular weight excluding hydrogens is 297 g/mol. The second-order valence-corrected chi connectivity index (χ2v) is 6.23. The van der Waals surface area contributed by atoms with Crippen LogP contribution in [0.1, 0.15) is 32.1 Å². The first-order valence-electron chi connectivity index (χ1n) is 8.25. The molecule has 6 heteroatoms. The van der Waals surface area contributed by atoms with Gasteiger partial charge in [-0.25, -0.2) is 9.18 Å². The molecule has 23 heavy (non-hydrogen) atoms. The highest BCUT2D eigenvalue weighted by Gasteiger charge is 2.32. The van der Waals surface area contributed by atoms with Crippen LogP contribution in [-0.4, -0.2) is 42.5 Å². The average molecular weight is 319 g/mol. The summed E-state index contributed by atoms with van der Waals surface area (Å²) < 4.78 is 13.0. The summed E-state index contributed by atoms with van der Waals surface area (Å²) in [5, 5.41) is 2.97. The second-order valence-electron chi connectivity index (χ2n) is 6.23. The van der Waals surface area contributed by atoms with Crippen molar-refractivity contribution in [2.24, 2.45) is 0 Å². The van der Waals surface area contributed by atoms with E-state index in [-0.39, 0.29) is 30.2 Å². The van der Waals surface area contributed by atoms with E-state index in [0.29, 0.717) is 12.2 Å². The van der Waals surface area contributed by atoms with Crippen LogP contribution in [0.25, 0.3) is 0 Å². The summed E-state index contributed by atoms with van der Waals surface area (Å²) in [5.41, 5.74) is 0.669. The van der Waals surface area contributed by atoms with E-state index in [0.717, 1.165) is 25.9 Å². The molecule has 0 aromatic heterocycles. The fourth-order valence-electron chi connectivity index (χ4n) is 3.21. The summed E-state index contributed by atoms with van der Waals surface area (Å²) in [6.07, 6.45) is 4.71. The minimum Gasteiger partial charge on any atom is -0.333 e. The fourth-order valence-corrected chi connectivity index (χ4v) is 3.21. The van der Waals surface area contributed by atoms with Crippen molar-refractivity contribution in [1.82, 2.24) is 10.2 Å². The molecule has 0 spiro atoms. The van der Waals surface area contributed by atoms with Crippen molar-refractivity contribution in [3.05, 3.63) is 30.1 Å². The molecule has 0 saturated carbocycles. The molecule has 1 aromatic rings. The molecule has 1 aromatic carbocycles. The summed E-state index contributed by atoms with van der Waals surface area (Å²) >= 11 is 0. The Kier molecular flexibility index (Phi) is 4.79. The van der Waals surface area contributed by atoms with Gasteiger partial charge in [0, 0.05) is 31.7 Å². The lowest BCUT2D eigenvalue weighted by Crippen LogP contribution is -2.46. The van der Waals surface area contributed by atoms with E-state index < -0.39 is 0 Å². The molecule has 3 amide bonds. The second kappa shape index (κ2) is 6.98. The Bertz CT molecular complexity index is 568. The summed E-state index contributed by atoms with van der Waals surface area (Å²) in [4.78, 5) is 27.9. The van der Waals surface area contributed by atoms with Gasteiger partial charge in [-0.2, -0.15) is 0 Å². The van der Waals surface area contributed by atoms with Gasteiger partial charge in [0.05, 0.1) is 6.04 Å². The van der Waals surface area contributed by atoms with Crippen LogP contribution in [0, 0.1) is 5.82 Å². The van der Waals surface area contributed by atoms with Crippen molar-refractivity contribution >= 4 is 17.6 Å². The van der Waals surface area contributed by atoms with Gasteiger partial charge in [-0.05, 0) is 37.1 Å². The highest BCUT2D eigenvalue weighted by Crippen LogP contribution is 2.22. The Morgan fingerprint density at radius 2 is 1.74 bits per heavy atom. The zero-order chi connectivity index (χ0) is 16.2. The average Bonchev–Trinajstić information content (AvgIpc) is 2.76. The van der Waals surface area contributed by atoms with E-state index in [1.165, 1.54) is 25.0 Å². The number of benzene rings is 1. The van der Waals surface area contributed by atoms with E-state index in [1.807, 2.05) is 4.90 Å². The van der Waals surface area contributed by atoms with E-state index in [1.54, 1.807) is 17.0 Å². The Morgan fingerprint density at radius 1 is 1.09 bits per heavy atom. The Balaban J connectivity index is 1.58. The minimum atomic E-state index is -0.327. The monoisotopic (exact) mass is 319 g/mol. The van der Waals surface area contributed by atoms with Crippen LogP contribution >= 0.6 is 0 Å². The first-order valence-corrected chi connectivity index (χ1v) is 8.25. The zero-order valence-corrected chi connectivity index (χ0v) is 13.1. The van der Waals surface area contributed by atoms with Gasteiger partial charge in [-0.3, -0.25) is 4.79 Å². The van der Waals surface area contributed by atoms with Crippen molar-refractivity contribution in [2.45, 2.75) is 38.1 Å². The number of nitrogens with zero attached hydrogens (tertiary/aromatic N) is 2. The number of halogens is 1. The summed E-state index contributed by atoms with van der Waals surface area (Å²) in [7, 11) is 0. The molecule has 1 atom stereocenters. The van der Waals surface area contributed by atoms with Gasteiger partial charge in [-0.1, -0.05) is 12.8 Å². The van der Waals surface area contributed by atoms with Crippen molar-refractivity contribution < 1.29 is 14.0 Å². The number of carbonyl (C=O) groups is 2. The molecule has 2 saturated heterocycles. The molecule has 2 aliphatic heterocycles. The SMILES string of the molecule is O=C(N[C@H]1CC(=O)N(c2ccc(F)cc2)C1)N1CCCCCC1. The van der Waals surface area contributed by atoms with Gasteiger partial charge in [0.15, 0.2) is 0 Å². The van der Waals surface area contributed by atoms with Crippen molar-refractivity contribution in [1.29, 1.82) is 0 Å². The number of rotatable bonds is 2. The van der Waals surface area contributed by atoms with Crippen LogP contribution < -0.4 is 10.2 Å².